The van der Waals surface area contributed by atoms with E-state index < -0.39 is 11.9 Å². The molecule has 0 bridgehead atoms. The molecule has 0 radical (unpaired) electrons. The molecule has 0 aromatic rings. The van der Waals surface area contributed by atoms with Crippen molar-refractivity contribution >= 4 is 11.9 Å². The van der Waals surface area contributed by atoms with Crippen molar-refractivity contribution < 1.29 is 19.1 Å². The van der Waals surface area contributed by atoms with Crippen molar-refractivity contribution in [1.82, 2.24) is 9.80 Å². The molecule has 0 aromatic carbocycles. The van der Waals surface area contributed by atoms with Gasteiger partial charge in [0.05, 0.1) is 24.4 Å². The summed E-state index contributed by atoms with van der Waals surface area (Å²) < 4.78 is 10.2. The molecule has 1 fully saturated rings. The van der Waals surface area contributed by atoms with Crippen LogP contribution < -0.4 is 0 Å². The van der Waals surface area contributed by atoms with E-state index in [1.165, 1.54) is 0 Å². The number of allylic oxidation sites excluding steroid dienone is 7. The zero-order chi connectivity index (χ0) is 33.4. The SMILES string of the molecule is C=CC(=O)OCCCOC(=O)/C(C#N)=C1\CC(C)(C)CC(N2CCN(C3=C(C#N)C(=C(C#N)C#N)CC(C)(C)C3)CC2)=C1C#N. The quantitative estimate of drug-likeness (QED) is 0.163. The summed E-state index contributed by atoms with van der Waals surface area (Å²) in [4.78, 5) is 28.4. The maximum atomic E-state index is 13.0. The lowest BCUT2D eigenvalue weighted by Crippen LogP contribution is -2.48. The van der Waals surface area contributed by atoms with Gasteiger partial charge in [0.2, 0.25) is 0 Å². The highest BCUT2D eigenvalue weighted by Gasteiger charge is 2.39. The highest BCUT2D eigenvalue weighted by Crippen LogP contribution is 2.46. The van der Waals surface area contributed by atoms with Crippen LogP contribution in [0.3, 0.4) is 0 Å². The molecule has 0 aromatic heterocycles. The number of hydrogen-bond acceptors (Lipinski definition) is 11. The van der Waals surface area contributed by atoms with Gasteiger partial charge in [-0.2, -0.15) is 26.3 Å². The number of ether oxygens (including phenoxy) is 2. The average Bonchev–Trinajstić information content (AvgIpc) is 3.00. The molecule has 11 heteroatoms. The number of piperazine rings is 1. The van der Waals surface area contributed by atoms with Gasteiger partial charge < -0.3 is 19.3 Å². The monoisotopic (exact) mass is 607 g/mol. The predicted octanol–water partition coefficient (Wildman–Crippen LogP) is 4.63. The Morgan fingerprint density at radius 1 is 0.756 bits per heavy atom. The Bertz CT molecular complexity index is 1580. The molecule has 1 saturated heterocycles. The summed E-state index contributed by atoms with van der Waals surface area (Å²) in [6.07, 6.45) is 3.28. The minimum absolute atomic E-state index is 0.0305. The van der Waals surface area contributed by atoms with E-state index in [2.05, 4.69) is 42.4 Å². The largest absolute Gasteiger partial charge is 0.462 e. The maximum absolute atomic E-state index is 13.0. The first-order valence-electron chi connectivity index (χ1n) is 14.7. The fourth-order valence-corrected chi connectivity index (χ4v) is 6.09. The summed E-state index contributed by atoms with van der Waals surface area (Å²) in [7, 11) is 0. The van der Waals surface area contributed by atoms with E-state index in [-0.39, 0.29) is 41.6 Å². The molecule has 0 atom stereocenters. The van der Waals surface area contributed by atoms with Crippen molar-refractivity contribution in [3.63, 3.8) is 0 Å². The van der Waals surface area contributed by atoms with Crippen LogP contribution in [-0.4, -0.2) is 61.1 Å². The van der Waals surface area contributed by atoms with Crippen molar-refractivity contribution in [1.29, 1.82) is 26.3 Å². The van der Waals surface area contributed by atoms with Gasteiger partial charge in [0.15, 0.2) is 0 Å². The lowest BCUT2D eigenvalue weighted by atomic mass is 9.72. The molecule has 45 heavy (non-hydrogen) atoms. The van der Waals surface area contributed by atoms with E-state index in [4.69, 9.17) is 9.47 Å². The predicted molar refractivity (Wildman–Crippen MR) is 162 cm³/mol. The maximum Gasteiger partial charge on any atom is 0.349 e. The summed E-state index contributed by atoms with van der Waals surface area (Å²) in [6.45, 7) is 13.6. The lowest BCUT2D eigenvalue weighted by Gasteiger charge is -2.45. The van der Waals surface area contributed by atoms with Crippen LogP contribution in [0.4, 0.5) is 0 Å². The number of carbonyl (C=O) groups is 2. The van der Waals surface area contributed by atoms with Crippen LogP contribution in [0.15, 0.2) is 57.5 Å². The van der Waals surface area contributed by atoms with Crippen molar-refractivity contribution in [3.05, 3.63) is 57.5 Å². The number of carbonyl (C=O) groups excluding carboxylic acids is 2. The second-order valence-corrected chi connectivity index (χ2v) is 12.8. The van der Waals surface area contributed by atoms with E-state index in [0.29, 0.717) is 74.2 Å². The summed E-state index contributed by atoms with van der Waals surface area (Å²) >= 11 is 0. The Balaban J connectivity index is 1.89. The van der Waals surface area contributed by atoms with Gasteiger partial charge in [-0.3, -0.25) is 0 Å². The van der Waals surface area contributed by atoms with Crippen LogP contribution in [0.5, 0.6) is 0 Å². The topological polar surface area (TPSA) is 178 Å². The second kappa shape index (κ2) is 14.4. The smallest absolute Gasteiger partial charge is 0.349 e. The van der Waals surface area contributed by atoms with Gasteiger partial charge in [0, 0.05) is 55.6 Å². The van der Waals surface area contributed by atoms with Crippen molar-refractivity contribution in [2.24, 2.45) is 10.8 Å². The van der Waals surface area contributed by atoms with Crippen LogP contribution in [0.2, 0.25) is 0 Å². The van der Waals surface area contributed by atoms with Crippen LogP contribution in [0, 0.1) is 67.5 Å². The van der Waals surface area contributed by atoms with Crippen molar-refractivity contribution in [2.45, 2.75) is 59.8 Å². The molecule has 232 valence electrons. The molecule has 1 heterocycles. The number of nitriles is 5. The Hall–Kier alpha value is -5.31. The first-order chi connectivity index (χ1) is 21.3. The van der Waals surface area contributed by atoms with Gasteiger partial charge in [0.25, 0.3) is 0 Å². The molecule has 11 nitrogen and oxygen atoms in total. The lowest BCUT2D eigenvalue weighted by molar-refractivity contribution is -0.140. The molecule has 0 spiro atoms. The Morgan fingerprint density at radius 2 is 1.22 bits per heavy atom. The van der Waals surface area contributed by atoms with E-state index in [0.717, 1.165) is 17.5 Å². The molecule has 3 aliphatic rings. The summed E-state index contributed by atoms with van der Waals surface area (Å²) in [5.74, 6) is -1.41. The molecular formula is C34H37N7O4. The minimum Gasteiger partial charge on any atom is -0.462 e. The van der Waals surface area contributed by atoms with Gasteiger partial charge in [-0.1, -0.05) is 34.3 Å². The summed E-state index contributed by atoms with van der Waals surface area (Å²) in [6, 6.07) is 10.4. The van der Waals surface area contributed by atoms with E-state index in [1.54, 1.807) is 0 Å². The average molecular weight is 608 g/mol. The summed E-state index contributed by atoms with van der Waals surface area (Å²) in [5, 5.41) is 49.4. The highest BCUT2D eigenvalue weighted by atomic mass is 16.5. The molecule has 1 aliphatic heterocycles. The Labute approximate surface area is 264 Å². The molecule has 0 N–H and O–H groups in total. The van der Waals surface area contributed by atoms with Gasteiger partial charge >= 0.3 is 11.9 Å². The van der Waals surface area contributed by atoms with E-state index in [1.807, 2.05) is 32.1 Å². The number of nitrogens with zero attached hydrogens (tertiary/aromatic N) is 7. The zero-order valence-electron chi connectivity index (χ0n) is 26.3. The molecule has 3 rings (SSSR count). The summed E-state index contributed by atoms with van der Waals surface area (Å²) in [5.41, 5.74) is 2.26. The standard InChI is InChI=1S/C34H37N7O4/c1-6-31(42)44-12-7-13-45-32(43)28(22-39)25-15-34(4,5)17-30(27(25)21-38)41-10-8-40(9-11-41)29-16-33(2,3)14-24(26(29)20-37)23(18-35)19-36/h6H,1,7-17H2,2-5H3/b28-25+. The van der Waals surface area contributed by atoms with Crippen LogP contribution in [-0.2, 0) is 19.1 Å². The number of rotatable bonds is 8. The second-order valence-electron chi connectivity index (χ2n) is 12.8. The van der Waals surface area contributed by atoms with Crippen LogP contribution in [0.1, 0.15) is 59.8 Å². The van der Waals surface area contributed by atoms with Crippen LogP contribution in [0.25, 0.3) is 0 Å². The number of esters is 2. The third-order valence-electron chi connectivity index (χ3n) is 8.13. The van der Waals surface area contributed by atoms with Crippen molar-refractivity contribution in [2.75, 3.05) is 39.4 Å². The minimum atomic E-state index is -0.828. The molecule has 0 amide bonds. The molecule has 0 saturated carbocycles. The molecule has 0 unspecified atom stereocenters. The van der Waals surface area contributed by atoms with E-state index in [9.17, 15) is 35.9 Å². The van der Waals surface area contributed by atoms with Crippen LogP contribution >= 0.6 is 0 Å². The Kier molecular flexibility index (Phi) is 11.0. The molecular weight excluding hydrogens is 570 g/mol. The van der Waals surface area contributed by atoms with Gasteiger partial charge in [-0.25, -0.2) is 9.59 Å². The highest BCUT2D eigenvalue weighted by molar-refractivity contribution is 5.95. The van der Waals surface area contributed by atoms with Crippen molar-refractivity contribution in [3.8, 4) is 30.3 Å². The zero-order valence-corrected chi connectivity index (χ0v) is 26.3. The fraction of sp³-hybridized carbons (Fsp3) is 0.500. The third-order valence-corrected chi connectivity index (χ3v) is 8.13. The van der Waals surface area contributed by atoms with Gasteiger partial charge in [0.1, 0.15) is 41.5 Å². The third kappa shape index (κ3) is 8.00. The molecule has 2 aliphatic carbocycles. The first kappa shape index (κ1) is 34.2. The Morgan fingerprint density at radius 3 is 1.67 bits per heavy atom. The van der Waals surface area contributed by atoms with Gasteiger partial charge in [-0.05, 0) is 42.1 Å². The fourth-order valence-electron chi connectivity index (χ4n) is 6.09. The first-order valence-corrected chi connectivity index (χ1v) is 14.7. The number of hydrogen-bond donors (Lipinski definition) is 0. The normalized spacial score (nSPS) is 20.0. The van der Waals surface area contributed by atoms with E-state index >= 15 is 0 Å². The van der Waals surface area contributed by atoms with Gasteiger partial charge in [-0.15, -0.1) is 0 Å².